The fourth-order valence-corrected chi connectivity index (χ4v) is 7.40. The van der Waals surface area contributed by atoms with Crippen LogP contribution in [-0.2, 0) is 21.4 Å². The Morgan fingerprint density at radius 2 is 1.78 bits per heavy atom. The molecule has 2 amide bonds. The number of nitrogens with zero attached hydrogens (tertiary/aromatic N) is 6. The van der Waals surface area contributed by atoms with Crippen LogP contribution in [0.3, 0.4) is 0 Å². The molecule has 14 nitrogen and oxygen atoms in total. The molecule has 2 aromatic heterocycles. The van der Waals surface area contributed by atoms with Gasteiger partial charge in [0.15, 0.2) is 17.4 Å². The summed E-state index contributed by atoms with van der Waals surface area (Å²) in [4.78, 5) is 61.4. The number of hydrogen-bond acceptors (Lipinski definition) is 12. The number of aromatic nitrogens is 3. The number of rotatable bonds is 10. The molecular weight excluding hydrogens is 743 g/mol. The molecule has 18 heteroatoms. The van der Waals surface area contributed by atoms with Crippen LogP contribution in [0.1, 0.15) is 26.2 Å². The summed E-state index contributed by atoms with van der Waals surface area (Å²) < 4.78 is 53.8. The molecule has 3 fully saturated rings. The first-order valence-electron chi connectivity index (χ1n) is 17.8. The van der Waals surface area contributed by atoms with Gasteiger partial charge in [-0.2, -0.15) is 4.98 Å². The van der Waals surface area contributed by atoms with Crippen LogP contribution in [0.25, 0.3) is 10.9 Å². The number of ketones is 1. The zero-order valence-corrected chi connectivity index (χ0v) is 30.8. The lowest BCUT2D eigenvalue weighted by atomic mass is 9.98. The maximum atomic E-state index is 15.9. The molecule has 0 unspecified atom stereocenters. The van der Waals surface area contributed by atoms with Crippen LogP contribution in [0.5, 0.6) is 5.75 Å². The van der Waals surface area contributed by atoms with Crippen LogP contribution in [0.4, 0.5) is 42.0 Å². The second-order valence-corrected chi connectivity index (χ2v) is 14.4. The predicted molar refractivity (Wildman–Crippen MR) is 201 cm³/mol. The number of fused-ring (bicyclic) bond motifs is 1. The third-order valence-corrected chi connectivity index (χ3v) is 10.4. The molecular formula is C37H39ClF3N9O5. The van der Waals surface area contributed by atoms with Crippen LogP contribution in [-0.4, -0.2) is 101 Å². The molecule has 2 atom stereocenters. The average molecular weight is 782 g/mol. The van der Waals surface area contributed by atoms with E-state index in [2.05, 4.69) is 25.9 Å². The Labute approximate surface area is 318 Å². The van der Waals surface area contributed by atoms with Crippen molar-refractivity contribution in [3.8, 4) is 5.75 Å². The highest BCUT2D eigenvalue weighted by molar-refractivity contribution is 6.33. The zero-order chi connectivity index (χ0) is 39.0. The van der Waals surface area contributed by atoms with Crippen molar-refractivity contribution in [3.63, 3.8) is 0 Å². The molecule has 0 aliphatic carbocycles. The van der Waals surface area contributed by atoms with Crippen molar-refractivity contribution in [1.29, 1.82) is 0 Å². The van der Waals surface area contributed by atoms with E-state index in [1.54, 1.807) is 48.3 Å². The lowest BCUT2D eigenvalue weighted by Gasteiger charge is -2.46. The van der Waals surface area contributed by atoms with Gasteiger partial charge in [-0.1, -0.05) is 11.6 Å². The molecule has 0 radical (unpaired) electrons. The summed E-state index contributed by atoms with van der Waals surface area (Å²) in [6, 6.07) is 9.64. The number of imide groups is 1. The number of amides is 2. The number of carbonyl (C=O) groups is 3. The molecule has 3 aliphatic rings. The van der Waals surface area contributed by atoms with Crippen LogP contribution in [0.2, 0.25) is 5.02 Å². The van der Waals surface area contributed by atoms with E-state index in [1.165, 1.54) is 28.7 Å². The van der Waals surface area contributed by atoms with Gasteiger partial charge in [0.05, 0.1) is 30.0 Å². The standard InChI is InChI=1S/C37H39ClF3N9O5/c1-21(51)19-55-30-16-22-15-23(3-6-28(22)47(2)35(30)54)44-33-25(38)18-42-36(46-33)50-10-9-31(37(40,41)20-50)49-13-11-48(12-14-49)29-7-4-24(17-26(29)39)43-27-5-8-32(52)45-34(27)53/h3-4,6-7,15-18,27,31,43H,5,8-14,19-20H2,1-2H3,(H,42,44,46)(H,45,52,53)/t27-,31+/m0/s1. The van der Waals surface area contributed by atoms with E-state index in [-0.39, 0.29) is 65.8 Å². The van der Waals surface area contributed by atoms with Gasteiger partial charge >= 0.3 is 0 Å². The quantitative estimate of drug-likeness (QED) is 0.199. The summed E-state index contributed by atoms with van der Waals surface area (Å²) in [6.07, 6.45) is 2.01. The number of aryl methyl sites for hydroxylation is 1. The Bertz CT molecular complexity index is 2220. The van der Waals surface area contributed by atoms with Crippen molar-refractivity contribution < 1.29 is 32.3 Å². The molecule has 0 spiro atoms. The lowest BCUT2D eigenvalue weighted by Crippen LogP contribution is -2.62. The third kappa shape index (κ3) is 8.17. The summed E-state index contributed by atoms with van der Waals surface area (Å²) in [5.41, 5.74) is 1.54. The molecule has 0 saturated carbocycles. The van der Waals surface area contributed by atoms with Crippen LogP contribution < -0.4 is 36.0 Å². The van der Waals surface area contributed by atoms with Crippen molar-refractivity contribution in [2.45, 2.75) is 44.2 Å². The molecule has 2 aromatic carbocycles. The smallest absolute Gasteiger partial charge is 0.293 e. The van der Waals surface area contributed by atoms with Gasteiger partial charge in [-0.15, -0.1) is 0 Å². The molecule has 55 heavy (non-hydrogen) atoms. The maximum Gasteiger partial charge on any atom is 0.293 e. The van der Waals surface area contributed by atoms with Gasteiger partial charge < -0.3 is 29.7 Å². The molecule has 5 heterocycles. The molecule has 4 aromatic rings. The number of pyridine rings is 1. The third-order valence-electron chi connectivity index (χ3n) is 10.1. The minimum Gasteiger partial charge on any atom is -0.480 e. The van der Waals surface area contributed by atoms with Gasteiger partial charge in [0, 0.05) is 63.0 Å². The number of halogens is 4. The van der Waals surface area contributed by atoms with Crippen LogP contribution >= 0.6 is 11.6 Å². The van der Waals surface area contributed by atoms with Crippen molar-refractivity contribution in [2.75, 3.05) is 66.3 Å². The molecule has 3 N–H and O–H groups in total. The van der Waals surface area contributed by atoms with Gasteiger partial charge in [-0.05, 0) is 62.2 Å². The first-order chi connectivity index (χ1) is 26.3. The van der Waals surface area contributed by atoms with E-state index >= 15 is 13.2 Å². The number of benzene rings is 2. The van der Waals surface area contributed by atoms with Gasteiger partial charge in [0.25, 0.3) is 11.5 Å². The number of piperazine rings is 1. The van der Waals surface area contributed by atoms with Crippen molar-refractivity contribution in [1.82, 2.24) is 24.8 Å². The Balaban J connectivity index is 0.974. The number of carbonyl (C=O) groups excluding carboxylic acids is 3. The Hall–Kier alpha value is -5.42. The number of nitrogens with one attached hydrogen (secondary N) is 3. The van der Waals surface area contributed by atoms with E-state index in [4.69, 9.17) is 16.3 Å². The highest BCUT2D eigenvalue weighted by Crippen LogP contribution is 2.35. The molecule has 3 aliphatic heterocycles. The monoisotopic (exact) mass is 781 g/mol. The first kappa shape index (κ1) is 37.9. The number of ether oxygens (including phenoxy) is 1. The Morgan fingerprint density at radius 3 is 2.49 bits per heavy atom. The van der Waals surface area contributed by atoms with Gasteiger partial charge in [-0.3, -0.25) is 29.4 Å². The van der Waals surface area contributed by atoms with Crippen LogP contribution in [0, 0.1) is 5.82 Å². The fourth-order valence-electron chi connectivity index (χ4n) is 7.26. The van der Waals surface area contributed by atoms with Crippen LogP contribution in [0.15, 0.2) is 53.5 Å². The number of hydrogen-bond donors (Lipinski definition) is 3. The molecule has 7 rings (SSSR count). The molecule has 3 saturated heterocycles. The minimum absolute atomic E-state index is 0.0256. The van der Waals surface area contributed by atoms with Crippen molar-refractivity contribution >= 4 is 68.9 Å². The SMILES string of the molecule is CC(=O)COc1cc2cc(Nc3nc(N4CC[C@@H](N5CCN(c6ccc(N[C@H]7CCC(=O)NC7=O)cc6F)CC5)C(F)(F)C4)ncc3Cl)ccc2n(C)c1=O. The second-order valence-electron chi connectivity index (χ2n) is 14.0. The van der Waals surface area contributed by atoms with E-state index < -0.39 is 36.3 Å². The van der Waals surface area contributed by atoms with E-state index in [0.717, 1.165) is 0 Å². The summed E-state index contributed by atoms with van der Waals surface area (Å²) >= 11 is 6.44. The number of Topliss-reactive ketones (excluding diaryl/α,β-unsaturated/α-hetero) is 1. The van der Waals surface area contributed by atoms with Gasteiger partial charge in [0.2, 0.25) is 17.8 Å². The fraction of sp³-hybridized carbons (Fsp3) is 0.405. The van der Waals surface area contributed by atoms with Crippen molar-refractivity contribution in [2.24, 2.45) is 7.05 Å². The summed E-state index contributed by atoms with van der Waals surface area (Å²) in [5, 5.41) is 9.17. The number of alkyl halides is 2. The predicted octanol–water partition coefficient (Wildman–Crippen LogP) is 4.09. The molecule has 0 bridgehead atoms. The summed E-state index contributed by atoms with van der Waals surface area (Å²) in [7, 11) is 1.60. The highest BCUT2D eigenvalue weighted by Gasteiger charge is 2.48. The lowest BCUT2D eigenvalue weighted by molar-refractivity contribution is -0.133. The van der Waals surface area contributed by atoms with Crippen molar-refractivity contribution in [3.05, 3.63) is 69.9 Å². The van der Waals surface area contributed by atoms with E-state index in [9.17, 15) is 19.2 Å². The average Bonchev–Trinajstić information content (AvgIpc) is 3.14. The number of anilines is 5. The summed E-state index contributed by atoms with van der Waals surface area (Å²) in [6.45, 7) is 2.10. The van der Waals surface area contributed by atoms with E-state index in [1.807, 2.05) is 4.90 Å². The van der Waals surface area contributed by atoms with Gasteiger partial charge in [0.1, 0.15) is 23.5 Å². The van der Waals surface area contributed by atoms with Gasteiger partial charge in [-0.25, -0.2) is 18.2 Å². The van der Waals surface area contributed by atoms with E-state index in [0.29, 0.717) is 60.6 Å². The highest BCUT2D eigenvalue weighted by atomic mass is 35.5. The first-order valence-corrected chi connectivity index (χ1v) is 18.2. The zero-order valence-electron chi connectivity index (χ0n) is 30.1. The Morgan fingerprint density at radius 1 is 1.02 bits per heavy atom. The minimum atomic E-state index is -3.11. The topological polar surface area (TPSA) is 154 Å². The largest absolute Gasteiger partial charge is 0.480 e. The second kappa shape index (κ2) is 15.4. The Kier molecular flexibility index (Phi) is 10.6. The normalized spacial score (nSPS) is 20.3. The summed E-state index contributed by atoms with van der Waals surface area (Å²) in [5.74, 6) is -4.31. The molecule has 290 valence electrons. The number of piperidine rings is 2. The maximum absolute atomic E-state index is 15.9.